The summed E-state index contributed by atoms with van der Waals surface area (Å²) >= 11 is 0. The molecule has 0 radical (unpaired) electrons. The topological polar surface area (TPSA) is 34.1 Å². The number of benzene rings is 1. The normalized spacial score (nSPS) is 10.2. The summed E-state index contributed by atoms with van der Waals surface area (Å²) in [6, 6.07) is 7.22. The lowest BCUT2D eigenvalue weighted by Gasteiger charge is -2.06. The lowest BCUT2D eigenvalue weighted by molar-refractivity contribution is -0.110. The lowest BCUT2D eigenvalue weighted by atomic mass is 9.99. The average Bonchev–Trinajstić information content (AvgIpc) is 2.26. The van der Waals surface area contributed by atoms with Crippen LogP contribution >= 0.6 is 0 Å². The highest BCUT2D eigenvalue weighted by Gasteiger charge is 2.12. The summed E-state index contributed by atoms with van der Waals surface area (Å²) < 4.78 is 0. The number of Topliss-reactive ketones (excluding diaryl/α,β-unsaturated/α-hetero) is 1. The van der Waals surface area contributed by atoms with E-state index in [4.69, 9.17) is 0 Å². The Morgan fingerprint density at radius 2 is 2.06 bits per heavy atom. The third kappa shape index (κ3) is 3.16. The Kier molecular flexibility index (Phi) is 4.18. The molecule has 2 heteroatoms. The van der Waals surface area contributed by atoms with Crippen LogP contribution in [-0.2, 0) is 11.2 Å². The number of hydrogen-bond acceptors (Lipinski definition) is 2. The second-order valence-electron chi connectivity index (χ2n) is 4.20. The molecule has 0 saturated heterocycles. The summed E-state index contributed by atoms with van der Waals surface area (Å²) in [5.74, 6) is -0.511. The molecule has 1 aromatic carbocycles. The maximum absolute atomic E-state index is 11.6. The second kappa shape index (κ2) is 5.40. The Morgan fingerprint density at radius 1 is 1.38 bits per heavy atom. The predicted octanol–water partition coefficient (Wildman–Crippen LogP) is 2.82. The van der Waals surface area contributed by atoms with Crippen LogP contribution in [0.5, 0.6) is 0 Å². The van der Waals surface area contributed by atoms with Gasteiger partial charge in [0.25, 0.3) is 0 Å². The molecule has 16 heavy (non-hydrogen) atoms. The van der Waals surface area contributed by atoms with Gasteiger partial charge in [-0.1, -0.05) is 38.6 Å². The van der Waals surface area contributed by atoms with Gasteiger partial charge in [-0.05, 0) is 30.0 Å². The molecular formula is C14H16O2. The first-order chi connectivity index (χ1) is 7.54. The van der Waals surface area contributed by atoms with Gasteiger partial charge in [-0.25, -0.2) is 0 Å². The first-order valence-corrected chi connectivity index (χ1v) is 5.34. The van der Waals surface area contributed by atoms with Crippen LogP contribution in [0.1, 0.15) is 29.8 Å². The molecule has 1 rings (SSSR count). The molecule has 0 aliphatic carbocycles. The molecule has 0 heterocycles. The number of carbonyl (C=O) groups is 2. The van der Waals surface area contributed by atoms with Crippen LogP contribution in [0.3, 0.4) is 0 Å². The van der Waals surface area contributed by atoms with Crippen molar-refractivity contribution in [3.05, 3.63) is 48.0 Å². The van der Waals surface area contributed by atoms with Gasteiger partial charge in [-0.3, -0.25) is 9.59 Å². The van der Waals surface area contributed by atoms with Crippen LogP contribution in [0.25, 0.3) is 0 Å². The quantitative estimate of drug-likeness (QED) is 0.431. The minimum absolute atomic E-state index is 0.447. The van der Waals surface area contributed by atoms with E-state index in [1.165, 1.54) is 0 Å². The monoisotopic (exact) mass is 216 g/mol. The minimum atomic E-state index is -0.554. The average molecular weight is 216 g/mol. The van der Waals surface area contributed by atoms with Crippen molar-refractivity contribution in [3.8, 4) is 0 Å². The standard InChI is InChI=1S/C14H16O2/c1-4-13(15)14(16)12-7-5-6-11(9-12)8-10(2)3/h4-7,9-10H,1,8H2,2-3H3. The van der Waals surface area contributed by atoms with Gasteiger partial charge in [-0.15, -0.1) is 0 Å². The smallest absolute Gasteiger partial charge is 0.232 e. The van der Waals surface area contributed by atoms with Gasteiger partial charge in [-0.2, -0.15) is 0 Å². The lowest BCUT2D eigenvalue weighted by Crippen LogP contribution is -2.11. The summed E-state index contributed by atoms with van der Waals surface area (Å²) in [4.78, 5) is 22.8. The third-order valence-electron chi connectivity index (χ3n) is 2.24. The molecule has 0 amide bonds. The van der Waals surface area contributed by atoms with E-state index in [2.05, 4.69) is 20.4 Å². The molecule has 0 aliphatic rings. The van der Waals surface area contributed by atoms with Crippen molar-refractivity contribution in [2.45, 2.75) is 20.3 Å². The number of carbonyl (C=O) groups excluding carboxylic acids is 2. The molecule has 0 fully saturated rings. The molecule has 0 saturated carbocycles. The summed E-state index contributed by atoms with van der Waals surface area (Å²) in [6.45, 7) is 7.54. The van der Waals surface area contributed by atoms with E-state index < -0.39 is 11.6 Å². The highest BCUT2D eigenvalue weighted by Crippen LogP contribution is 2.11. The molecular weight excluding hydrogens is 200 g/mol. The van der Waals surface area contributed by atoms with Crippen molar-refractivity contribution in [2.75, 3.05) is 0 Å². The van der Waals surface area contributed by atoms with Crippen LogP contribution in [0.4, 0.5) is 0 Å². The molecule has 84 valence electrons. The van der Waals surface area contributed by atoms with Gasteiger partial charge in [0.15, 0.2) is 0 Å². The molecule has 1 aromatic rings. The fraction of sp³-hybridized carbons (Fsp3) is 0.286. The van der Waals surface area contributed by atoms with Gasteiger partial charge < -0.3 is 0 Å². The largest absolute Gasteiger partial charge is 0.286 e. The van der Waals surface area contributed by atoms with Crippen LogP contribution < -0.4 is 0 Å². The first-order valence-electron chi connectivity index (χ1n) is 5.34. The van der Waals surface area contributed by atoms with E-state index >= 15 is 0 Å². The van der Waals surface area contributed by atoms with Crippen molar-refractivity contribution in [1.29, 1.82) is 0 Å². The Balaban J connectivity index is 2.94. The molecule has 0 aliphatic heterocycles. The van der Waals surface area contributed by atoms with Crippen molar-refractivity contribution >= 4 is 11.6 Å². The van der Waals surface area contributed by atoms with Gasteiger partial charge in [0.1, 0.15) is 0 Å². The first kappa shape index (κ1) is 12.4. The van der Waals surface area contributed by atoms with Crippen molar-refractivity contribution in [1.82, 2.24) is 0 Å². The van der Waals surface area contributed by atoms with E-state index in [9.17, 15) is 9.59 Å². The zero-order valence-electron chi connectivity index (χ0n) is 9.69. The van der Waals surface area contributed by atoms with E-state index in [1.54, 1.807) is 18.2 Å². The maximum atomic E-state index is 11.6. The number of ketones is 2. The Labute approximate surface area is 96.0 Å². The molecule has 0 unspecified atom stereocenters. The van der Waals surface area contributed by atoms with Crippen LogP contribution in [0.2, 0.25) is 0 Å². The van der Waals surface area contributed by atoms with Crippen LogP contribution in [-0.4, -0.2) is 11.6 Å². The fourth-order valence-corrected chi connectivity index (χ4v) is 1.55. The van der Waals surface area contributed by atoms with E-state index in [-0.39, 0.29) is 0 Å². The highest BCUT2D eigenvalue weighted by atomic mass is 16.2. The predicted molar refractivity (Wildman–Crippen MR) is 64.5 cm³/mol. The molecule has 0 N–H and O–H groups in total. The third-order valence-corrected chi connectivity index (χ3v) is 2.24. The SMILES string of the molecule is C=CC(=O)C(=O)c1cccc(CC(C)C)c1. The molecule has 2 nitrogen and oxygen atoms in total. The van der Waals surface area contributed by atoms with E-state index in [1.807, 2.05) is 6.07 Å². The summed E-state index contributed by atoms with van der Waals surface area (Å²) in [6.07, 6.45) is 1.96. The number of allylic oxidation sites excluding steroid dienone is 1. The second-order valence-corrected chi connectivity index (χ2v) is 4.20. The van der Waals surface area contributed by atoms with Crippen molar-refractivity contribution in [3.63, 3.8) is 0 Å². The zero-order chi connectivity index (χ0) is 12.1. The van der Waals surface area contributed by atoms with E-state index in [0.29, 0.717) is 11.5 Å². The van der Waals surface area contributed by atoms with Crippen LogP contribution in [0, 0.1) is 5.92 Å². The summed E-state index contributed by atoms with van der Waals surface area (Å²) in [5, 5.41) is 0. The minimum Gasteiger partial charge on any atom is -0.286 e. The fourth-order valence-electron chi connectivity index (χ4n) is 1.55. The molecule has 0 bridgehead atoms. The number of rotatable bonds is 5. The Bertz CT molecular complexity index is 416. The van der Waals surface area contributed by atoms with Gasteiger partial charge in [0.05, 0.1) is 0 Å². The van der Waals surface area contributed by atoms with Gasteiger partial charge in [0, 0.05) is 5.56 Å². The van der Waals surface area contributed by atoms with E-state index in [0.717, 1.165) is 18.1 Å². The van der Waals surface area contributed by atoms with Crippen LogP contribution in [0.15, 0.2) is 36.9 Å². The number of hydrogen-bond donors (Lipinski definition) is 0. The Hall–Kier alpha value is -1.70. The molecule has 0 spiro atoms. The van der Waals surface area contributed by atoms with Crippen molar-refractivity contribution < 1.29 is 9.59 Å². The summed E-state index contributed by atoms with van der Waals surface area (Å²) in [7, 11) is 0. The maximum Gasteiger partial charge on any atom is 0.232 e. The van der Waals surface area contributed by atoms with Gasteiger partial charge in [0.2, 0.25) is 11.6 Å². The Morgan fingerprint density at radius 3 is 2.62 bits per heavy atom. The van der Waals surface area contributed by atoms with Gasteiger partial charge >= 0.3 is 0 Å². The highest BCUT2D eigenvalue weighted by molar-refractivity contribution is 6.47. The summed E-state index contributed by atoms with van der Waals surface area (Å²) in [5.41, 5.74) is 1.53. The molecule has 0 atom stereocenters. The van der Waals surface area contributed by atoms with Crippen molar-refractivity contribution in [2.24, 2.45) is 5.92 Å². The molecule has 0 aromatic heterocycles. The zero-order valence-corrected chi connectivity index (χ0v) is 9.69.